The highest BCUT2D eigenvalue weighted by molar-refractivity contribution is 5.93. The van der Waals surface area contributed by atoms with Crippen molar-refractivity contribution in [1.29, 1.82) is 0 Å². The lowest BCUT2D eigenvalue weighted by atomic mass is 9.92. The molecule has 5 rings (SSSR count). The van der Waals surface area contributed by atoms with Gasteiger partial charge in [-0.15, -0.1) is 0 Å². The summed E-state index contributed by atoms with van der Waals surface area (Å²) in [7, 11) is 0. The fourth-order valence-electron chi connectivity index (χ4n) is 4.01. The van der Waals surface area contributed by atoms with Gasteiger partial charge >= 0.3 is 0 Å². The molecule has 4 heteroatoms. The third kappa shape index (κ3) is 3.41. The number of phenolic OH excluding ortho intramolecular Hbond substituents is 1. The monoisotopic (exact) mass is 393 g/mol. The maximum Gasteiger partial charge on any atom is 0.154 e. The van der Waals surface area contributed by atoms with Gasteiger partial charge in [-0.25, -0.2) is 9.67 Å². The number of aromatic nitrogens is 3. The van der Waals surface area contributed by atoms with Crippen molar-refractivity contribution < 1.29 is 5.11 Å². The minimum Gasteiger partial charge on any atom is -0.508 e. The molecule has 0 saturated carbocycles. The zero-order valence-electron chi connectivity index (χ0n) is 16.7. The molecular weight excluding hydrogens is 370 g/mol. The van der Waals surface area contributed by atoms with Crippen LogP contribution in [0.25, 0.3) is 28.1 Å². The minimum absolute atomic E-state index is 0.257. The Kier molecular flexibility index (Phi) is 4.89. The van der Waals surface area contributed by atoms with Gasteiger partial charge in [-0.2, -0.15) is 5.10 Å². The van der Waals surface area contributed by atoms with E-state index < -0.39 is 0 Å². The zero-order chi connectivity index (χ0) is 20.3. The van der Waals surface area contributed by atoms with Crippen LogP contribution in [0.5, 0.6) is 5.75 Å². The molecule has 2 heterocycles. The van der Waals surface area contributed by atoms with Crippen LogP contribution in [0.4, 0.5) is 0 Å². The molecule has 2 aromatic heterocycles. The van der Waals surface area contributed by atoms with E-state index in [0.29, 0.717) is 0 Å². The highest BCUT2D eigenvalue weighted by Crippen LogP contribution is 2.39. The van der Waals surface area contributed by atoms with E-state index in [1.54, 1.807) is 18.3 Å². The number of benzene rings is 1. The second kappa shape index (κ2) is 7.99. The van der Waals surface area contributed by atoms with Crippen molar-refractivity contribution in [2.24, 2.45) is 0 Å². The van der Waals surface area contributed by atoms with E-state index in [9.17, 15) is 5.11 Å². The Hall–Kier alpha value is -3.66. The van der Waals surface area contributed by atoms with Crippen molar-refractivity contribution in [3.63, 3.8) is 0 Å². The number of pyridine rings is 1. The lowest BCUT2D eigenvalue weighted by molar-refractivity contribution is 0.475. The fourth-order valence-corrected chi connectivity index (χ4v) is 4.01. The predicted octanol–water partition coefficient (Wildman–Crippen LogP) is 6.11. The van der Waals surface area contributed by atoms with Gasteiger partial charge in [-0.1, -0.05) is 54.7 Å². The third-order valence-electron chi connectivity index (χ3n) is 5.44. The number of hydrogen-bond donors (Lipinski definition) is 1. The van der Waals surface area contributed by atoms with Crippen LogP contribution in [0.3, 0.4) is 0 Å². The average molecular weight is 393 g/mol. The zero-order valence-corrected chi connectivity index (χ0v) is 16.7. The number of phenols is 1. The SMILES string of the molecule is Oc1ccc(-c2c(C3=CCCC=C3)nn(-c3ccccn3)c2C2=CCCC=C2)cc1. The Morgan fingerprint density at radius 3 is 2.17 bits per heavy atom. The van der Waals surface area contributed by atoms with Gasteiger partial charge < -0.3 is 5.11 Å². The highest BCUT2D eigenvalue weighted by atomic mass is 16.3. The van der Waals surface area contributed by atoms with Crippen molar-refractivity contribution in [2.45, 2.75) is 25.7 Å². The van der Waals surface area contributed by atoms with Gasteiger partial charge in [0.15, 0.2) is 5.82 Å². The van der Waals surface area contributed by atoms with Gasteiger partial charge in [0.05, 0.1) is 5.69 Å². The standard InChI is InChI=1S/C26H23N3O/c30-22-16-14-19(15-17-22)24-25(20-9-3-1-4-10-20)28-29(23-13-7-8-18-27-23)26(24)21-11-5-2-6-12-21/h3,5,7-18,30H,1-2,4,6H2. The lowest BCUT2D eigenvalue weighted by Crippen LogP contribution is -2.04. The molecule has 0 fully saturated rings. The summed E-state index contributed by atoms with van der Waals surface area (Å²) in [4.78, 5) is 4.58. The van der Waals surface area contributed by atoms with Crippen molar-refractivity contribution in [3.8, 4) is 22.7 Å². The van der Waals surface area contributed by atoms with Crippen molar-refractivity contribution in [2.75, 3.05) is 0 Å². The fraction of sp³-hybridized carbons (Fsp3) is 0.154. The molecule has 0 radical (unpaired) electrons. The van der Waals surface area contributed by atoms with Crippen LogP contribution in [0, 0.1) is 0 Å². The predicted molar refractivity (Wildman–Crippen MR) is 121 cm³/mol. The Morgan fingerprint density at radius 2 is 1.53 bits per heavy atom. The molecule has 0 amide bonds. The molecular formula is C26H23N3O. The summed E-state index contributed by atoms with van der Waals surface area (Å²) in [5.74, 6) is 1.05. The second-order valence-electron chi connectivity index (χ2n) is 7.50. The lowest BCUT2D eigenvalue weighted by Gasteiger charge is -2.13. The van der Waals surface area contributed by atoms with Crippen molar-refractivity contribution >= 4 is 11.1 Å². The van der Waals surface area contributed by atoms with Crippen LogP contribution in [-0.2, 0) is 0 Å². The first-order chi connectivity index (χ1) is 14.8. The highest BCUT2D eigenvalue weighted by Gasteiger charge is 2.25. The summed E-state index contributed by atoms with van der Waals surface area (Å²) in [6.07, 6.45) is 19.2. The topological polar surface area (TPSA) is 50.9 Å². The minimum atomic E-state index is 0.257. The summed E-state index contributed by atoms with van der Waals surface area (Å²) in [6.45, 7) is 0. The largest absolute Gasteiger partial charge is 0.508 e. The van der Waals surface area contributed by atoms with Crippen LogP contribution < -0.4 is 0 Å². The number of hydrogen-bond acceptors (Lipinski definition) is 3. The molecule has 0 saturated heterocycles. The Bertz CT molecular complexity index is 1180. The van der Waals surface area contributed by atoms with Gasteiger partial charge in [0.1, 0.15) is 11.4 Å². The Balaban J connectivity index is 1.83. The summed E-state index contributed by atoms with van der Waals surface area (Å²) in [6, 6.07) is 13.3. The average Bonchev–Trinajstić information content (AvgIpc) is 3.22. The molecule has 1 aromatic carbocycles. The first-order valence-electron chi connectivity index (χ1n) is 10.4. The Labute approximate surface area is 176 Å². The number of nitrogens with zero attached hydrogens (tertiary/aromatic N) is 3. The van der Waals surface area contributed by atoms with Crippen LogP contribution in [-0.4, -0.2) is 19.9 Å². The van der Waals surface area contributed by atoms with Gasteiger partial charge in [-0.05, 0) is 66.7 Å². The summed E-state index contributed by atoms with van der Waals surface area (Å²) < 4.78 is 1.96. The van der Waals surface area contributed by atoms with E-state index in [-0.39, 0.29) is 5.75 Å². The molecule has 2 aliphatic rings. The molecule has 0 aliphatic heterocycles. The summed E-state index contributed by atoms with van der Waals surface area (Å²) in [5, 5.41) is 14.9. The molecule has 0 unspecified atom stereocenters. The van der Waals surface area contributed by atoms with Crippen LogP contribution in [0.1, 0.15) is 37.1 Å². The van der Waals surface area contributed by atoms with Crippen LogP contribution in [0.15, 0.2) is 85.1 Å². The molecule has 4 nitrogen and oxygen atoms in total. The molecule has 0 spiro atoms. The normalized spacial score (nSPS) is 15.7. The Morgan fingerprint density at radius 1 is 0.800 bits per heavy atom. The molecule has 3 aromatic rings. The van der Waals surface area contributed by atoms with Gasteiger partial charge in [0.25, 0.3) is 0 Å². The van der Waals surface area contributed by atoms with Gasteiger partial charge in [-0.3, -0.25) is 0 Å². The molecule has 1 N–H and O–H groups in total. The van der Waals surface area contributed by atoms with Crippen LogP contribution in [0.2, 0.25) is 0 Å². The van der Waals surface area contributed by atoms with Crippen molar-refractivity contribution in [1.82, 2.24) is 14.8 Å². The first-order valence-corrected chi connectivity index (χ1v) is 10.4. The third-order valence-corrected chi connectivity index (χ3v) is 5.44. The molecule has 30 heavy (non-hydrogen) atoms. The van der Waals surface area contributed by atoms with E-state index in [0.717, 1.165) is 65.2 Å². The van der Waals surface area contributed by atoms with Crippen molar-refractivity contribution in [3.05, 3.63) is 96.5 Å². The van der Waals surface area contributed by atoms with E-state index in [1.165, 1.54) is 0 Å². The molecule has 0 bridgehead atoms. The maximum absolute atomic E-state index is 9.85. The number of rotatable bonds is 4. The molecule has 148 valence electrons. The van der Waals surface area contributed by atoms with Gasteiger partial charge in [0.2, 0.25) is 0 Å². The number of aromatic hydroxyl groups is 1. The van der Waals surface area contributed by atoms with E-state index in [2.05, 4.69) is 41.4 Å². The second-order valence-corrected chi connectivity index (χ2v) is 7.50. The van der Waals surface area contributed by atoms with E-state index in [1.807, 2.05) is 35.0 Å². The van der Waals surface area contributed by atoms with E-state index in [4.69, 9.17) is 5.10 Å². The van der Waals surface area contributed by atoms with Crippen LogP contribution >= 0.6 is 0 Å². The first kappa shape index (κ1) is 18.4. The summed E-state index contributed by atoms with van der Waals surface area (Å²) >= 11 is 0. The maximum atomic E-state index is 9.85. The quantitative estimate of drug-likeness (QED) is 0.582. The smallest absolute Gasteiger partial charge is 0.154 e. The summed E-state index contributed by atoms with van der Waals surface area (Å²) in [5.41, 5.74) is 6.34. The van der Waals surface area contributed by atoms with E-state index >= 15 is 0 Å². The number of allylic oxidation sites excluding steroid dienone is 8. The molecule has 0 atom stereocenters. The molecule has 2 aliphatic carbocycles. The van der Waals surface area contributed by atoms with Gasteiger partial charge in [0, 0.05) is 11.8 Å².